The molecule has 0 N–H and O–H groups in total. The molecule has 2 fully saturated rings. The zero-order valence-corrected chi connectivity index (χ0v) is 13.1. The van der Waals surface area contributed by atoms with Gasteiger partial charge in [0.2, 0.25) is 5.91 Å². The standard InChI is InChI=1S/C15H20F3N3O2/c1-9-6-20(7-10(2)23-9)14(22)8-21-12(11-3-4-11)5-13(19-21)15(16,17)18/h5,9-11H,3-4,6-8H2,1-2H3. The average Bonchev–Trinajstić information content (AvgIpc) is 3.17. The number of ether oxygens (including phenoxy) is 1. The number of hydrogen-bond donors (Lipinski definition) is 0. The van der Waals surface area contributed by atoms with Crippen molar-refractivity contribution in [2.75, 3.05) is 13.1 Å². The largest absolute Gasteiger partial charge is 0.435 e. The van der Waals surface area contributed by atoms with Gasteiger partial charge in [0.25, 0.3) is 0 Å². The van der Waals surface area contributed by atoms with E-state index in [4.69, 9.17) is 4.74 Å². The van der Waals surface area contributed by atoms with E-state index >= 15 is 0 Å². The highest BCUT2D eigenvalue weighted by molar-refractivity contribution is 5.76. The Morgan fingerprint density at radius 3 is 2.43 bits per heavy atom. The summed E-state index contributed by atoms with van der Waals surface area (Å²) in [5, 5.41) is 3.63. The van der Waals surface area contributed by atoms with Crippen molar-refractivity contribution in [1.82, 2.24) is 14.7 Å². The number of halogens is 3. The summed E-state index contributed by atoms with van der Waals surface area (Å²) < 4.78 is 45.4. The summed E-state index contributed by atoms with van der Waals surface area (Å²) in [5.41, 5.74) is -0.407. The Hall–Kier alpha value is -1.57. The van der Waals surface area contributed by atoms with E-state index in [1.54, 1.807) is 4.90 Å². The van der Waals surface area contributed by atoms with Crippen LogP contribution in [0.2, 0.25) is 0 Å². The lowest BCUT2D eigenvalue weighted by molar-refractivity contribution is -0.145. The highest BCUT2D eigenvalue weighted by Crippen LogP contribution is 2.42. The Labute approximate surface area is 132 Å². The minimum Gasteiger partial charge on any atom is -0.372 e. The molecule has 23 heavy (non-hydrogen) atoms. The fraction of sp³-hybridized carbons (Fsp3) is 0.733. The second-order valence-electron chi connectivity index (χ2n) is 6.44. The first-order valence-corrected chi connectivity index (χ1v) is 7.82. The molecule has 2 atom stereocenters. The molecule has 2 unspecified atom stereocenters. The van der Waals surface area contributed by atoms with Crippen LogP contribution in [0.3, 0.4) is 0 Å². The molecule has 2 aliphatic rings. The number of amides is 1. The molecule has 128 valence electrons. The van der Waals surface area contributed by atoms with E-state index < -0.39 is 11.9 Å². The monoisotopic (exact) mass is 331 g/mol. The first-order chi connectivity index (χ1) is 10.7. The Kier molecular flexibility index (Phi) is 4.12. The van der Waals surface area contributed by atoms with Gasteiger partial charge in [0.15, 0.2) is 5.69 Å². The average molecular weight is 331 g/mol. The third-order valence-electron chi connectivity index (χ3n) is 4.15. The number of aromatic nitrogens is 2. The van der Waals surface area contributed by atoms with Crippen molar-refractivity contribution < 1.29 is 22.7 Å². The van der Waals surface area contributed by atoms with E-state index in [1.165, 1.54) is 4.68 Å². The van der Waals surface area contributed by atoms with Crippen LogP contribution in [0.1, 0.15) is 44.0 Å². The van der Waals surface area contributed by atoms with Gasteiger partial charge in [-0.2, -0.15) is 18.3 Å². The zero-order valence-electron chi connectivity index (χ0n) is 13.1. The lowest BCUT2D eigenvalue weighted by Gasteiger charge is -2.35. The summed E-state index contributed by atoms with van der Waals surface area (Å²) in [4.78, 5) is 14.1. The van der Waals surface area contributed by atoms with Crippen LogP contribution < -0.4 is 0 Å². The third kappa shape index (κ3) is 3.68. The number of nitrogens with zero attached hydrogens (tertiary/aromatic N) is 3. The van der Waals surface area contributed by atoms with E-state index in [0.29, 0.717) is 18.8 Å². The predicted octanol–water partition coefficient (Wildman–Crippen LogP) is 2.42. The normalized spacial score (nSPS) is 25.7. The lowest BCUT2D eigenvalue weighted by atomic mass is 10.2. The summed E-state index contributed by atoms with van der Waals surface area (Å²) in [6, 6.07) is 1.08. The molecule has 5 nitrogen and oxygen atoms in total. The summed E-state index contributed by atoms with van der Waals surface area (Å²) in [5.74, 6) is -0.125. The molecule has 1 saturated heterocycles. The van der Waals surface area contributed by atoms with E-state index in [9.17, 15) is 18.0 Å². The van der Waals surface area contributed by atoms with Crippen LogP contribution in [0.15, 0.2) is 6.07 Å². The number of carbonyl (C=O) groups excluding carboxylic acids is 1. The number of morpholine rings is 1. The maximum Gasteiger partial charge on any atom is 0.435 e. The van der Waals surface area contributed by atoms with Gasteiger partial charge in [0, 0.05) is 24.7 Å². The summed E-state index contributed by atoms with van der Waals surface area (Å²) in [6.45, 7) is 4.51. The molecule has 0 aromatic carbocycles. The van der Waals surface area contributed by atoms with Crippen LogP contribution >= 0.6 is 0 Å². The summed E-state index contributed by atoms with van der Waals surface area (Å²) in [7, 11) is 0. The maximum absolute atomic E-state index is 12.9. The zero-order chi connectivity index (χ0) is 16.8. The first-order valence-electron chi connectivity index (χ1n) is 7.82. The predicted molar refractivity (Wildman–Crippen MR) is 75.8 cm³/mol. The molecule has 0 bridgehead atoms. The van der Waals surface area contributed by atoms with Gasteiger partial charge in [-0.05, 0) is 32.8 Å². The third-order valence-corrected chi connectivity index (χ3v) is 4.15. The molecule has 8 heteroatoms. The van der Waals surface area contributed by atoms with Gasteiger partial charge in [0.1, 0.15) is 6.54 Å². The molecule has 0 radical (unpaired) electrons. The topological polar surface area (TPSA) is 47.4 Å². The minimum absolute atomic E-state index is 0.0750. The van der Waals surface area contributed by atoms with Crippen molar-refractivity contribution in [3.63, 3.8) is 0 Å². The molecule has 1 amide bonds. The fourth-order valence-corrected chi connectivity index (χ4v) is 3.01. The van der Waals surface area contributed by atoms with Crippen molar-refractivity contribution in [3.8, 4) is 0 Å². The van der Waals surface area contributed by atoms with Crippen LogP contribution in [-0.2, 0) is 22.3 Å². The molecule has 1 aliphatic heterocycles. The molecule has 2 heterocycles. The van der Waals surface area contributed by atoms with Crippen LogP contribution in [0.4, 0.5) is 13.2 Å². The highest BCUT2D eigenvalue weighted by atomic mass is 19.4. The fourth-order valence-electron chi connectivity index (χ4n) is 3.01. The molecule has 1 aliphatic carbocycles. The minimum atomic E-state index is -4.49. The van der Waals surface area contributed by atoms with Gasteiger partial charge in [-0.25, -0.2) is 0 Å². The molecular formula is C15H20F3N3O2. The van der Waals surface area contributed by atoms with Crippen molar-refractivity contribution in [2.24, 2.45) is 0 Å². The Morgan fingerprint density at radius 2 is 1.91 bits per heavy atom. The van der Waals surface area contributed by atoms with E-state index in [0.717, 1.165) is 18.9 Å². The highest BCUT2D eigenvalue weighted by Gasteiger charge is 2.38. The molecule has 1 saturated carbocycles. The van der Waals surface area contributed by atoms with Crippen LogP contribution in [-0.4, -0.2) is 45.9 Å². The quantitative estimate of drug-likeness (QED) is 0.855. The van der Waals surface area contributed by atoms with Gasteiger partial charge < -0.3 is 9.64 Å². The van der Waals surface area contributed by atoms with Gasteiger partial charge in [-0.3, -0.25) is 9.48 Å². The molecule has 0 spiro atoms. The summed E-state index contributed by atoms with van der Waals surface area (Å²) in [6.07, 6.45) is -2.94. The number of rotatable bonds is 3. The van der Waals surface area contributed by atoms with Crippen molar-refractivity contribution in [1.29, 1.82) is 0 Å². The van der Waals surface area contributed by atoms with Gasteiger partial charge in [-0.15, -0.1) is 0 Å². The molecule has 3 rings (SSSR count). The number of carbonyl (C=O) groups is 1. The lowest BCUT2D eigenvalue weighted by Crippen LogP contribution is -2.49. The van der Waals surface area contributed by atoms with E-state index in [-0.39, 0.29) is 30.6 Å². The van der Waals surface area contributed by atoms with Crippen LogP contribution in [0.25, 0.3) is 0 Å². The first kappa shape index (κ1) is 16.3. The SMILES string of the molecule is CC1CN(C(=O)Cn2nc(C(F)(F)F)cc2C2CC2)CC(C)O1. The van der Waals surface area contributed by atoms with E-state index in [2.05, 4.69) is 5.10 Å². The van der Waals surface area contributed by atoms with Crippen molar-refractivity contribution >= 4 is 5.91 Å². The number of hydrogen-bond acceptors (Lipinski definition) is 3. The second-order valence-corrected chi connectivity index (χ2v) is 6.44. The van der Waals surface area contributed by atoms with E-state index in [1.807, 2.05) is 13.8 Å². The second kappa shape index (κ2) is 5.81. The Bertz CT molecular complexity index is 585. The Morgan fingerprint density at radius 1 is 1.30 bits per heavy atom. The number of alkyl halides is 3. The van der Waals surface area contributed by atoms with Crippen molar-refractivity contribution in [2.45, 2.75) is 57.5 Å². The van der Waals surface area contributed by atoms with Gasteiger partial charge in [0.05, 0.1) is 12.2 Å². The van der Waals surface area contributed by atoms with Crippen LogP contribution in [0, 0.1) is 0 Å². The molecular weight excluding hydrogens is 311 g/mol. The smallest absolute Gasteiger partial charge is 0.372 e. The van der Waals surface area contributed by atoms with Crippen molar-refractivity contribution in [3.05, 3.63) is 17.5 Å². The maximum atomic E-state index is 12.9. The van der Waals surface area contributed by atoms with Crippen LogP contribution in [0.5, 0.6) is 0 Å². The van der Waals surface area contributed by atoms with Gasteiger partial charge in [-0.1, -0.05) is 0 Å². The van der Waals surface area contributed by atoms with Gasteiger partial charge >= 0.3 is 6.18 Å². The molecule has 1 aromatic rings. The summed E-state index contributed by atoms with van der Waals surface area (Å²) >= 11 is 0. The Balaban J connectivity index is 1.76. The molecule has 1 aromatic heterocycles.